The number of nitrogens with one attached hydrogen (secondary N) is 2. The number of hydrogen-bond donors (Lipinski definition) is 4. The van der Waals surface area contributed by atoms with E-state index in [-0.39, 0.29) is 5.54 Å². The summed E-state index contributed by atoms with van der Waals surface area (Å²) in [6.45, 7) is 8.44. The van der Waals surface area contributed by atoms with Crippen LogP contribution in [0.1, 0.15) is 52.5 Å². The van der Waals surface area contributed by atoms with E-state index >= 15 is 0 Å². The van der Waals surface area contributed by atoms with Gasteiger partial charge in [0, 0.05) is 23.7 Å². The van der Waals surface area contributed by atoms with Crippen molar-refractivity contribution in [3.05, 3.63) is 34.9 Å². The van der Waals surface area contributed by atoms with Crippen molar-refractivity contribution in [2.45, 2.75) is 74.6 Å². The van der Waals surface area contributed by atoms with E-state index in [4.69, 9.17) is 11.6 Å². The van der Waals surface area contributed by atoms with E-state index in [2.05, 4.69) is 24.5 Å². The highest BCUT2D eigenvalue weighted by molar-refractivity contribution is 7.94. The molecule has 29 heavy (non-hydrogen) atoms. The van der Waals surface area contributed by atoms with E-state index in [1.807, 2.05) is 24.3 Å². The number of hydrogen-bond acceptors (Lipinski definition) is 6. The van der Waals surface area contributed by atoms with Crippen molar-refractivity contribution in [1.29, 1.82) is 0 Å². The number of benzene rings is 1. The summed E-state index contributed by atoms with van der Waals surface area (Å²) in [4.78, 5) is 0. The summed E-state index contributed by atoms with van der Waals surface area (Å²) >= 11 is 5.92. The fourth-order valence-electron chi connectivity index (χ4n) is 3.39. The first-order valence-electron chi connectivity index (χ1n) is 10.1. The molecule has 0 heterocycles. The van der Waals surface area contributed by atoms with Crippen LogP contribution < -0.4 is 10.6 Å². The van der Waals surface area contributed by atoms with Crippen LogP contribution in [0.3, 0.4) is 0 Å². The van der Waals surface area contributed by atoms with Gasteiger partial charge in [0.05, 0.1) is 22.2 Å². The molecule has 0 amide bonds. The number of rotatable bonds is 12. The summed E-state index contributed by atoms with van der Waals surface area (Å²) in [6, 6.07) is 7.73. The van der Waals surface area contributed by atoms with Gasteiger partial charge in [0.1, 0.15) is 0 Å². The lowest BCUT2D eigenvalue weighted by molar-refractivity contribution is 0.0686. The predicted octanol–water partition coefficient (Wildman–Crippen LogP) is 2.27. The average molecular weight is 447 g/mol. The molecular formula is C21H35ClN2O4S. The van der Waals surface area contributed by atoms with E-state index in [1.165, 1.54) is 13.8 Å². The van der Waals surface area contributed by atoms with Crippen molar-refractivity contribution in [2.24, 2.45) is 0 Å². The zero-order valence-electron chi connectivity index (χ0n) is 17.8. The van der Waals surface area contributed by atoms with Crippen molar-refractivity contribution in [3.8, 4) is 0 Å². The molecule has 0 aliphatic heterocycles. The molecule has 1 atom stereocenters. The normalized spacial score (nSPS) is 17.9. The molecule has 1 aromatic rings. The molecule has 8 heteroatoms. The van der Waals surface area contributed by atoms with Crippen LogP contribution in [0.5, 0.6) is 0 Å². The summed E-state index contributed by atoms with van der Waals surface area (Å²) in [5, 5.41) is 26.8. The molecule has 1 fully saturated rings. The first-order chi connectivity index (χ1) is 13.4. The Kier molecular flexibility index (Phi) is 7.80. The van der Waals surface area contributed by atoms with Gasteiger partial charge in [-0.15, -0.1) is 0 Å². The lowest BCUT2D eigenvalue weighted by Gasteiger charge is -2.34. The van der Waals surface area contributed by atoms with Crippen molar-refractivity contribution < 1.29 is 18.6 Å². The minimum Gasteiger partial charge on any atom is -0.394 e. The van der Waals surface area contributed by atoms with Crippen LogP contribution >= 0.6 is 11.6 Å². The quantitative estimate of drug-likeness (QED) is 0.368. The van der Waals surface area contributed by atoms with Crippen molar-refractivity contribution in [3.63, 3.8) is 0 Å². The molecule has 0 aromatic heterocycles. The summed E-state index contributed by atoms with van der Waals surface area (Å²) in [6.07, 6.45) is 0.713. The lowest BCUT2D eigenvalue weighted by atomic mass is 10.00. The second-order valence-corrected chi connectivity index (χ2v) is 12.6. The van der Waals surface area contributed by atoms with E-state index in [0.29, 0.717) is 25.9 Å². The van der Waals surface area contributed by atoms with Crippen LogP contribution in [0, 0.1) is 0 Å². The minimum atomic E-state index is -3.60. The van der Waals surface area contributed by atoms with Gasteiger partial charge in [0.2, 0.25) is 0 Å². The Hall–Kier alpha value is -0.700. The fraction of sp³-hybridized carbons (Fsp3) is 0.714. The first-order valence-corrected chi connectivity index (χ1v) is 12.0. The third-order valence-corrected chi connectivity index (χ3v) is 9.71. The third-order valence-electron chi connectivity index (χ3n) is 6.10. The second kappa shape index (κ2) is 9.20. The number of sulfone groups is 1. The van der Waals surface area contributed by atoms with Crippen LogP contribution in [0.2, 0.25) is 5.02 Å². The van der Waals surface area contributed by atoms with Gasteiger partial charge in [-0.25, -0.2) is 8.42 Å². The maximum atomic E-state index is 13.1. The molecule has 0 bridgehead atoms. The molecule has 166 valence electrons. The highest BCUT2D eigenvalue weighted by Crippen LogP contribution is 2.48. The predicted molar refractivity (Wildman–Crippen MR) is 118 cm³/mol. The maximum absolute atomic E-state index is 13.1. The molecule has 1 unspecified atom stereocenters. The Morgan fingerprint density at radius 3 is 2.28 bits per heavy atom. The Bertz CT molecular complexity index is 774. The largest absolute Gasteiger partial charge is 0.394 e. The lowest BCUT2D eigenvalue weighted by Crippen LogP contribution is -2.53. The fourth-order valence-corrected chi connectivity index (χ4v) is 5.99. The van der Waals surface area contributed by atoms with Gasteiger partial charge < -0.3 is 20.8 Å². The van der Waals surface area contributed by atoms with Crippen molar-refractivity contribution >= 4 is 21.4 Å². The van der Waals surface area contributed by atoms with Crippen LogP contribution in [-0.2, 0) is 16.4 Å². The van der Waals surface area contributed by atoms with E-state index in [1.54, 1.807) is 0 Å². The Labute approximate surface area is 180 Å². The molecule has 1 aliphatic carbocycles. The highest BCUT2D eigenvalue weighted by atomic mass is 35.5. The summed E-state index contributed by atoms with van der Waals surface area (Å²) in [5.41, 5.74) is 1.04. The average Bonchev–Trinajstić information content (AvgIpc) is 3.45. The van der Waals surface area contributed by atoms with Crippen LogP contribution in [0.25, 0.3) is 0 Å². The molecule has 6 nitrogen and oxygen atoms in total. The number of aliphatic hydroxyl groups excluding tert-OH is 2. The molecule has 0 saturated heterocycles. The summed E-state index contributed by atoms with van der Waals surface area (Å²) < 4.78 is 23.9. The summed E-state index contributed by atoms with van der Waals surface area (Å²) in [7, 11) is -3.60. The Morgan fingerprint density at radius 1 is 1.17 bits per heavy atom. The molecule has 4 N–H and O–H groups in total. The van der Waals surface area contributed by atoms with Crippen molar-refractivity contribution in [2.75, 3.05) is 19.7 Å². The van der Waals surface area contributed by atoms with Gasteiger partial charge in [0.25, 0.3) is 0 Å². The second-order valence-electron chi connectivity index (χ2n) is 9.28. The van der Waals surface area contributed by atoms with Gasteiger partial charge in [-0.3, -0.25) is 0 Å². The van der Waals surface area contributed by atoms with Gasteiger partial charge in [0.15, 0.2) is 9.84 Å². The zero-order valence-corrected chi connectivity index (χ0v) is 19.4. The molecule has 1 aromatic carbocycles. The standard InChI is InChI=1S/C21H35ClN2O4S/c1-19(2,24-13-16-5-7-17(22)8-6-16)11-12-23-15-21(9-10-21)29(27,28)20(3,4)18(26)14-25/h5-8,18,23-26H,9-15H2,1-4H3. The summed E-state index contributed by atoms with van der Waals surface area (Å²) in [5.74, 6) is 0. The SMILES string of the molecule is CC(C)(CCNCC1(S(=O)(=O)C(C)(C)C(O)CO)CC1)NCc1ccc(Cl)cc1. The van der Waals surface area contributed by atoms with Crippen LogP contribution in [0.15, 0.2) is 24.3 Å². The van der Waals surface area contributed by atoms with Crippen molar-refractivity contribution in [1.82, 2.24) is 10.6 Å². The van der Waals surface area contributed by atoms with Gasteiger partial charge in [-0.1, -0.05) is 23.7 Å². The molecule has 1 aliphatic rings. The van der Waals surface area contributed by atoms with Gasteiger partial charge in [-0.2, -0.15) is 0 Å². The van der Waals surface area contributed by atoms with E-state index in [0.717, 1.165) is 23.6 Å². The highest BCUT2D eigenvalue weighted by Gasteiger charge is 2.60. The zero-order chi connectivity index (χ0) is 21.9. The molecule has 1 saturated carbocycles. The molecule has 0 spiro atoms. The van der Waals surface area contributed by atoms with E-state index < -0.39 is 32.0 Å². The Morgan fingerprint density at radius 2 is 1.76 bits per heavy atom. The van der Waals surface area contributed by atoms with Gasteiger partial charge in [-0.05, 0) is 71.2 Å². The third kappa shape index (κ3) is 5.71. The molecular weight excluding hydrogens is 412 g/mol. The Balaban J connectivity index is 1.83. The monoisotopic (exact) mass is 446 g/mol. The first kappa shape index (κ1) is 24.6. The van der Waals surface area contributed by atoms with Crippen LogP contribution in [-0.4, -0.2) is 59.5 Å². The maximum Gasteiger partial charge on any atom is 0.165 e. The smallest absolute Gasteiger partial charge is 0.165 e. The molecule has 2 rings (SSSR count). The minimum absolute atomic E-state index is 0.116. The van der Waals surface area contributed by atoms with Crippen LogP contribution in [0.4, 0.5) is 0 Å². The van der Waals surface area contributed by atoms with E-state index in [9.17, 15) is 18.6 Å². The van der Waals surface area contributed by atoms with Gasteiger partial charge >= 0.3 is 0 Å². The topological polar surface area (TPSA) is 98.7 Å². The number of aliphatic hydroxyl groups is 2. The number of halogens is 1. The molecule has 0 radical (unpaired) electrons.